The molecule has 0 aliphatic carbocycles. The number of hydrogen-bond donors (Lipinski definition) is 0. The number of thioether (sulfide) groups is 2. The number of ketones is 2. The molecule has 0 aromatic heterocycles. The molecule has 0 unspecified atom stereocenters. The minimum absolute atomic E-state index is 0.115. The molecule has 6 nitrogen and oxygen atoms in total. The van der Waals surface area contributed by atoms with Gasteiger partial charge in [0.15, 0.2) is 21.9 Å². The van der Waals surface area contributed by atoms with E-state index in [2.05, 4.69) is 9.98 Å². The van der Waals surface area contributed by atoms with Crippen molar-refractivity contribution >= 4 is 45.4 Å². The normalized spacial score (nSPS) is 19.6. The summed E-state index contributed by atoms with van der Waals surface area (Å²) in [4.78, 5) is 34.2. The van der Waals surface area contributed by atoms with Gasteiger partial charge < -0.3 is 0 Å². The summed E-state index contributed by atoms with van der Waals surface area (Å²) in [7, 11) is 0. The highest BCUT2D eigenvalue weighted by Crippen LogP contribution is 2.34. The zero-order chi connectivity index (χ0) is 22.8. The van der Waals surface area contributed by atoms with Crippen molar-refractivity contribution in [2.75, 3.05) is 11.5 Å². The van der Waals surface area contributed by atoms with Gasteiger partial charge in [0.25, 0.3) is 0 Å². The molecule has 2 aromatic rings. The Morgan fingerprint density at radius 1 is 0.750 bits per heavy atom. The van der Waals surface area contributed by atoms with Crippen molar-refractivity contribution in [3.8, 4) is 0 Å². The lowest BCUT2D eigenvalue weighted by atomic mass is 10.1. The third-order valence-corrected chi connectivity index (χ3v) is 6.84. The van der Waals surface area contributed by atoms with Gasteiger partial charge >= 0.3 is 0 Å². The Balaban J connectivity index is 1.36. The number of carbonyl (C=O) groups excluding carboxylic acids is 2. The number of Topliss-reactive ketones (excluding diaryl/α,β-unsaturated/α-hetero) is 2. The van der Waals surface area contributed by atoms with Crippen molar-refractivity contribution in [1.82, 2.24) is 10.0 Å². The average Bonchev–Trinajstić information content (AvgIpc) is 3.29. The number of fused-ring (bicyclic) bond motifs is 1. The number of amidine groups is 2. The lowest BCUT2D eigenvalue weighted by molar-refractivity contribution is 0.101. The molecule has 2 atom stereocenters. The molecule has 2 aliphatic rings. The first kappa shape index (κ1) is 22.5. The van der Waals surface area contributed by atoms with E-state index in [4.69, 9.17) is 0 Å². The maximum Gasteiger partial charge on any atom is 0.183 e. The lowest BCUT2D eigenvalue weighted by Crippen LogP contribution is -2.44. The zero-order valence-corrected chi connectivity index (χ0v) is 19.0. The molecule has 10 heteroatoms. The molecule has 4 rings (SSSR count). The third kappa shape index (κ3) is 4.71. The molecule has 0 radical (unpaired) electrons. The number of rotatable bonds is 6. The molecule has 32 heavy (non-hydrogen) atoms. The molecule has 2 aliphatic heterocycles. The number of hydrazine groups is 1. The summed E-state index contributed by atoms with van der Waals surface area (Å²) < 4.78 is 26.2. The van der Waals surface area contributed by atoms with Crippen LogP contribution < -0.4 is 0 Å². The van der Waals surface area contributed by atoms with E-state index in [0.717, 1.165) is 0 Å². The van der Waals surface area contributed by atoms with E-state index in [0.29, 0.717) is 21.5 Å². The van der Waals surface area contributed by atoms with Gasteiger partial charge in [0, 0.05) is 11.1 Å². The number of halogens is 2. The van der Waals surface area contributed by atoms with Crippen LogP contribution >= 0.6 is 23.5 Å². The fourth-order valence-corrected chi connectivity index (χ4v) is 5.37. The Bertz CT molecular complexity index is 1000. The van der Waals surface area contributed by atoms with Crippen LogP contribution in [0.25, 0.3) is 0 Å². The van der Waals surface area contributed by atoms with Crippen molar-refractivity contribution < 1.29 is 18.4 Å². The highest BCUT2D eigenvalue weighted by molar-refractivity contribution is 8.15. The monoisotopic (exact) mass is 474 g/mol. The molecule has 2 heterocycles. The lowest BCUT2D eigenvalue weighted by Gasteiger charge is -2.29. The summed E-state index contributed by atoms with van der Waals surface area (Å²) in [6.07, 6.45) is -0.453. The van der Waals surface area contributed by atoms with Gasteiger partial charge in [-0.05, 0) is 62.4 Å². The Morgan fingerprint density at radius 2 is 1.09 bits per heavy atom. The Morgan fingerprint density at radius 3 is 1.44 bits per heavy atom. The zero-order valence-electron chi connectivity index (χ0n) is 17.4. The van der Waals surface area contributed by atoms with E-state index in [9.17, 15) is 18.4 Å². The van der Waals surface area contributed by atoms with Gasteiger partial charge in [0.2, 0.25) is 0 Å². The molecule has 0 bridgehead atoms. The largest absolute Gasteiger partial charge is 0.293 e. The molecule has 0 spiro atoms. The molecule has 0 fully saturated rings. The van der Waals surface area contributed by atoms with Crippen molar-refractivity contribution in [2.24, 2.45) is 9.98 Å². The van der Waals surface area contributed by atoms with E-state index >= 15 is 0 Å². The highest BCUT2D eigenvalue weighted by Gasteiger charge is 2.42. The van der Waals surface area contributed by atoms with E-state index < -0.39 is 0 Å². The maximum absolute atomic E-state index is 13.1. The Hall–Kier alpha value is -2.72. The predicted molar refractivity (Wildman–Crippen MR) is 124 cm³/mol. The molecule has 0 amide bonds. The SMILES string of the molecule is C[C@@H]1N=C(SCC(=O)c2ccc(F)cc2)N2[C@@H](C)N=C(SCC(=O)c3ccc(F)cc3)N12. The molecule has 166 valence electrons. The summed E-state index contributed by atoms with van der Waals surface area (Å²) in [5.74, 6) is -0.665. The standard InChI is InChI=1S/C22H20F2N4O2S2/c1-13-25-21(31-11-19(29)15-3-7-17(23)8-4-15)28-14(2)26-22(27(13)28)32-12-20(30)16-5-9-18(24)10-6-16/h3-10,13-14H,11-12H2,1-2H3/t13-,14+. The van der Waals surface area contributed by atoms with Crippen LogP contribution in [0.1, 0.15) is 34.6 Å². The minimum atomic E-state index is -0.384. The number of nitrogens with zero attached hydrogens (tertiary/aromatic N) is 4. The first-order valence-electron chi connectivity index (χ1n) is 9.90. The number of aliphatic imine (C=N–C) groups is 2. The molecule has 2 aromatic carbocycles. The van der Waals surface area contributed by atoms with Crippen LogP contribution in [0.5, 0.6) is 0 Å². The van der Waals surface area contributed by atoms with Crippen molar-refractivity contribution in [1.29, 1.82) is 0 Å². The average molecular weight is 475 g/mol. The van der Waals surface area contributed by atoms with Crippen LogP contribution in [-0.4, -0.2) is 55.8 Å². The second kappa shape index (κ2) is 9.41. The van der Waals surface area contributed by atoms with Crippen molar-refractivity contribution in [3.63, 3.8) is 0 Å². The van der Waals surface area contributed by atoms with Gasteiger partial charge in [-0.3, -0.25) is 9.59 Å². The number of hydrogen-bond acceptors (Lipinski definition) is 8. The van der Waals surface area contributed by atoms with Crippen LogP contribution in [0.4, 0.5) is 8.78 Å². The molecular weight excluding hydrogens is 454 g/mol. The number of benzene rings is 2. The van der Waals surface area contributed by atoms with E-state index in [1.165, 1.54) is 72.1 Å². The van der Waals surface area contributed by atoms with Crippen LogP contribution in [0.15, 0.2) is 58.5 Å². The van der Waals surface area contributed by atoms with Crippen LogP contribution in [0.2, 0.25) is 0 Å². The Labute approximate surface area is 192 Å². The summed E-state index contributed by atoms with van der Waals surface area (Å²) in [5.41, 5.74) is 0.896. The number of carbonyl (C=O) groups is 2. The summed E-state index contributed by atoms with van der Waals surface area (Å²) in [5, 5.41) is 5.17. The molecule has 0 N–H and O–H groups in total. The fraction of sp³-hybridized carbons (Fsp3) is 0.273. The van der Waals surface area contributed by atoms with Gasteiger partial charge in [-0.1, -0.05) is 23.5 Å². The first-order chi connectivity index (χ1) is 15.3. The van der Waals surface area contributed by atoms with Crippen molar-refractivity contribution in [3.05, 3.63) is 71.3 Å². The van der Waals surface area contributed by atoms with E-state index in [1.54, 1.807) is 0 Å². The highest BCUT2D eigenvalue weighted by atomic mass is 32.2. The molecule has 0 saturated carbocycles. The first-order valence-corrected chi connectivity index (χ1v) is 11.9. The van der Waals surface area contributed by atoms with Crippen LogP contribution in [0.3, 0.4) is 0 Å². The van der Waals surface area contributed by atoms with Gasteiger partial charge in [0.05, 0.1) is 11.5 Å². The van der Waals surface area contributed by atoms with E-state index in [1.807, 2.05) is 23.9 Å². The summed E-state index contributed by atoms with van der Waals surface area (Å²) >= 11 is 2.61. The fourth-order valence-electron chi connectivity index (χ4n) is 3.32. The van der Waals surface area contributed by atoms with Gasteiger partial charge in [0.1, 0.15) is 24.0 Å². The van der Waals surface area contributed by atoms with Gasteiger partial charge in [-0.2, -0.15) is 0 Å². The van der Waals surface area contributed by atoms with Gasteiger partial charge in [-0.25, -0.2) is 28.8 Å². The van der Waals surface area contributed by atoms with Crippen molar-refractivity contribution in [2.45, 2.75) is 26.2 Å². The second-order valence-corrected chi connectivity index (χ2v) is 9.10. The maximum atomic E-state index is 13.1. The molecule has 0 saturated heterocycles. The van der Waals surface area contributed by atoms with Crippen LogP contribution in [0, 0.1) is 11.6 Å². The van der Waals surface area contributed by atoms with Crippen LogP contribution in [-0.2, 0) is 0 Å². The summed E-state index contributed by atoms with van der Waals surface area (Å²) in [6.45, 7) is 3.83. The second-order valence-electron chi connectivity index (χ2n) is 7.21. The van der Waals surface area contributed by atoms with Gasteiger partial charge in [-0.15, -0.1) is 0 Å². The summed E-state index contributed by atoms with van der Waals surface area (Å²) in [6, 6.07) is 10.9. The third-order valence-electron chi connectivity index (χ3n) is 4.92. The smallest absolute Gasteiger partial charge is 0.183 e. The molecular formula is C22H20F2N4O2S2. The quantitative estimate of drug-likeness (QED) is 0.577. The minimum Gasteiger partial charge on any atom is -0.293 e. The van der Waals surface area contributed by atoms with E-state index in [-0.39, 0.29) is 47.0 Å². The Kier molecular flexibility index (Phi) is 6.61. The topological polar surface area (TPSA) is 65.3 Å². The predicted octanol–water partition coefficient (Wildman–Crippen LogP) is 4.45.